The summed E-state index contributed by atoms with van der Waals surface area (Å²) >= 11 is 0. The number of hydrogen-bond donors (Lipinski definition) is 0. The Bertz CT molecular complexity index is 335. The molecule has 2 aliphatic rings. The third-order valence-corrected chi connectivity index (χ3v) is 3.50. The van der Waals surface area contributed by atoms with Crippen LogP contribution in [0.25, 0.3) is 0 Å². The number of nitrogens with zero attached hydrogens (tertiary/aromatic N) is 1. The van der Waals surface area contributed by atoms with Gasteiger partial charge in [-0.25, -0.2) is 5.06 Å². The average molecular weight is 249 g/mol. The summed E-state index contributed by atoms with van der Waals surface area (Å²) in [5, 5.41) is 1.55. The summed E-state index contributed by atoms with van der Waals surface area (Å²) < 4.78 is 0. The molecule has 3 heteroatoms. The molecule has 2 atom stereocenters. The molecule has 0 radical (unpaired) electrons. The van der Waals surface area contributed by atoms with Crippen LogP contribution < -0.4 is 0 Å². The second kappa shape index (κ2) is 6.74. The molecule has 100 valence electrons. The molecule has 2 heterocycles. The van der Waals surface area contributed by atoms with E-state index in [1.807, 2.05) is 6.08 Å². The van der Waals surface area contributed by atoms with Crippen LogP contribution in [-0.4, -0.2) is 23.1 Å². The fraction of sp³-hybridized carbons (Fsp3) is 0.667. The number of hydrogen-bond acceptors (Lipinski definition) is 2. The topological polar surface area (TPSA) is 29.5 Å². The maximum atomic E-state index is 11.6. The molecule has 2 rings (SSSR count). The fourth-order valence-electron chi connectivity index (χ4n) is 2.47. The van der Waals surface area contributed by atoms with Crippen molar-refractivity contribution in [2.45, 2.75) is 64.0 Å². The van der Waals surface area contributed by atoms with Crippen molar-refractivity contribution in [3.05, 3.63) is 24.3 Å². The molecule has 0 spiro atoms. The Kier molecular flexibility index (Phi) is 5.00. The van der Waals surface area contributed by atoms with Crippen LogP contribution in [0.5, 0.6) is 0 Å². The van der Waals surface area contributed by atoms with Gasteiger partial charge in [-0.2, -0.15) is 0 Å². The summed E-state index contributed by atoms with van der Waals surface area (Å²) in [4.78, 5) is 17.2. The molecular weight excluding hydrogens is 226 g/mol. The van der Waals surface area contributed by atoms with Crippen molar-refractivity contribution < 1.29 is 9.63 Å². The first-order chi connectivity index (χ1) is 8.81. The highest BCUT2D eigenvalue weighted by Crippen LogP contribution is 2.26. The monoisotopic (exact) mass is 249 g/mol. The van der Waals surface area contributed by atoms with E-state index in [-0.39, 0.29) is 18.1 Å². The van der Waals surface area contributed by atoms with Gasteiger partial charge in [-0.1, -0.05) is 50.5 Å². The highest BCUT2D eigenvalue weighted by molar-refractivity contribution is 5.78. The van der Waals surface area contributed by atoms with Crippen molar-refractivity contribution in [3.63, 3.8) is 0 Å². The fourth-order valence-corrected chi connectivity index (χ4v) is 2.47. The minimum absolute atomic E-state index is 0.0767. The minimum atomic E-state index is 0.0767. The molecule has 18 heavy (non-hydrogen) atoms. The molecule has 0 aromatic rings. The van der Waals surface area contributed by atoms with E-state index in [1.165, 1.54) is 25.7 Å². The summed E-state index contributed by atoms with van der Waals surface area (Å²) in [6.45, 7) is 2.23. The number of hydroxylamine groups is 2. The van der Waals surface area contributed by atoms with E-state index in [4.69, 9.17) is 4.84 Å². The number of carbonyl (C=O) groups excluding carboxylic acids is 1. The molecule has 1 fully saturated rings. The first kappa shape index (κ1) is 13.3. The van der Waals surface area contributed by atoms with Crippen molar-refractivity contribution in [2.24, 2.45) is 0 Å². The van der Waals surface area contributed by atoms with Gasteiger partial charge in [0.2, 0.25) is 0 Å². The van der Waals surface area contributed by atoms with Crippen LogP contribution in [0.15, 0.2) is 24.3 Å². The Labute approximate surface area is 109 Å². The lowest BCUT2D eigenvalue weighted by Gasteiger charge is -2.22. The van der Waals surface area contributed by atoms with E-state index >= 15 is 0 Å². The zero-order chi connectivity index (χ0) is 12.8. The van der Waals surface area contributed by atoms with Gasteiger partial charge in [-0.3, -0.25) is 9.63 Å². The van der Waals surface area contributed by atoms with Gasteiger partial charge in [0.05, 0.1) is 6.04 Å². The third kappa shape index (κ3) is 3.45. The molecule has 1 saturated heterocycles. The van der Waals surface area contributed by atoms with E-state index in [2.05, 4.69) is 25.2 Å². The molecule has 0 aromatic carbocycles. The van der Waals surface area contributed by atoms with Crippen LogP contribution in [0.4, 0.5) is 0 Å². The molecule has 3 nitrogen and oxygen atoms in total. The van der Waals surface area contributed by atoms with E-state index in [0.717, 1.165) is 12.8 Å². The molecule has 0 N–H and O–H groups in total. The molecule has 0 aromatic heterocycles. The molecule has 0 aliphatic carbocycles. The molecule has 2 aliphatic heterocycles. The van der Waals surface area contributed by atoms with E-state index in [9.17, 15) is 4.79 Å². The van der Waals surface area contributed by atoms with Gasteiger partial charge in [0.25, 0.3) is 5.91 Å². The predicted octanol–water partition coefficient (Wildman–Crippen LogP) is 3.37. The number of unbranched alkanes of at least 4 members (excludes halogenated alkanes) is 4. The Morgan fingerprint density at radius 2 is 2.33 bits per heavy atom. The van der Waals surface area contributed by atoms with Crippen LogP contribution in [0, 0.1) is 0 Å². The summed E-state index contributed by atoms with van der Waals surface area (Å²) in [7, 11) is 0. The van der Waals surface area contributed by atoms with Crippen molar-refractivity contribution in [1.82, 2.24) is 5.06 Å². The standard InChI is InChI=1S/C15H23NO2/c1-2-3-4-5-6-7-10-14-12-13-9-8-11-15(17)16(13)18-14/h7-10,13-14H,2-6,11-12H2,1H3/b10-7+/t13-,14+/m1/s1. The Morgan fingerprint density at radius 3 is 3.11 bits per heavy atom. The number of rotatable bonds is 6. The van der Waals surface area contributed by atoms with Gasteiger partial charge in [0, 0.05) is 12.8 Å². The predicted molar refractivity (Wildman–Crippen MR) is 71.8 cm³/mol. The van der Waals surface area contributed by atoms with Crippen LogP contribution in [0.3, 0.4) is 0 Å². The van der Waals surface area contributed by atoms with Crippen LogP contribution in [-0.2, 0) is 9.63 Å². The van der Waals surface area contributed by atoms with Crippen LogP contribution in [0.1, 0.15) is 51.9 Å². The van der Waals surface area contributed by atoms with E-state index in [0.29, 0.717) is 6.42 Å². The van der Waals surface area contributed by atoms with Gasteiger partial charge >= 0.3 is 0 Å². The lowest BCUT2D eigenvalue weighted by molar-refractivity contribution is -0.180. The van der Waals surface area contributed by atoms with Gasteiger partial charge < -0.3 is 0 Å². The van der Waals surface area contributed by atoms with E-state index < -0.39 is 0 Å². The average Bonchev–Trinajstić information content (AvgIpc) is 2.78. The van der Waals surface area contributed by atoms with E-state index in [1.54, 1.807) is 5.06 Å². The zero-order valence-electron chi connectivity index (χ0n) is 11.2. The lowest BCUT2D eigenvalue weighted by Crippen LogP contribution is -2.35. The van der Waals surface area contributed by atoms with Crippen molar-refractivity contribution in [3.8, 4) is 0 Å². The second-order valence-corrected chi connectivity index (χ2v) is 5.08. The quantitative estimate of drug-likeness (QED) is 0.533. The summed E-state index contributed by atoms with van der Waals surface area (Å²) in [6.07, 6.45) is 16.1. The van der Waals surface area contributed by atoms with Gasteiger partial charge in [0.15, 0.2) is 0 Å². The molecule has 0 saturated carbocycles. The van der Waals surface area contributed by atoms with Crippen LogP contribution >= 0.6 is 0 Å². The molecule has 1 amide bonds. The Hall–Kier alpha value is -1.09. The molecule has 0 unspecified atom stereocenters. The Morgan fingerprint density at radius 1 is 1.44 bits per heavy atom. The number of carbonyl (C=O) groups is 1. The zero-order valence-corrected chi connectivity index (χ0v) is 11.2. The number of allylic oxidation sites excluding steroid dienone is 1. The second-order valence-electron chi connectivity index (χ2n) is 5.08. The first-order valence-electron chi connectivity index (χ1n) is 7.13. The summed E-state index contributed by atoms with van der Waals surface area (Å²) in [5.74, 6) is 0.0846. The van der Waals surface area contributed by atoms with Gasteiger partial charge in [-0.05, 0) is 12.8 Å². The maximum absolute atomic E-state index is 11.6. The van der Waals surface area contributed by atoms with Gasteiger partial charge in [-0.15, -0.1) is 0 Å². The smallest absolute Gasteiger partial charge is 0.250 e. The largest absolute Gasteiger partial charge is 0.272 e. The summed E-state index contributed by atoms with van der Waals surface area (Å²) in [5.41, 5.74) is 0. The summed E-state index contributed by atoms with van der Waals surface area (Å²) in [6, 6.07) is 0.154. The highest BCUT2D eigenvalue weighted by Gasteiger charge is 2.35. The molecule has 0 bridgehead atoms. The minimum Gasteiger partial charge on any atom is -0.272 e. The molecular formula is C15H23NO2. The van der Waals surface area contributed by atoms with Crippen LogP contribution in [0.2, 0.25) is 0 Å². The maximum Gasteiger partial charge on any atom is 0.250 e. The van der Waals surface area contributed by atoms with Crippen molar-refractivity contribution >= 4 is 5.91 Å². The normalized spacial score (nSPS) is 27.2. The van der Waals surface area contributed by atoms with Crippen molar-refractivity contribution in [2.75, 3.05) is 0 Å². The lowest BCUT2D eigenvalue weighted by atomic mass is 10.1. The Balaban J connectivity index is 1.71. The highest BCUT2D eigenvalue weighted by atomic mass is 16.7. The first-order valence-corrected chi connectivity index (χ1v) is 7.13. The number of amides is 1. The SMILES string of the molecule is CCCCCC/C=C/[C@H]1C[C@H]2C=CCC(=O)N2O1. The number of fused-ring (bicyclic) bond motifs is 1. The third-order valence-electron chi connectivity index (χ3n) is 3.50. The van der Waals surface area contributed by atoms with Crippen molar-refractivity contribution in [1.29, 1.82) is 0 Å². The van der Waals surface area contributed by atoms with Gasteiger partial charge in [0.1, 0.15) is 6.10 Å².